The van der Waals surface area contributed by atoms with E-state index in [0.29, 0.717) is 0 Å². The van der Waals surface area contributed by atoms with Crippen LogP contribution in [0.25, 0.3) is 0 Å². The maximum Gasteiger partial charge on any atom is 0.0638 e. The summed E-state index contributed by atoms with van der Waals surface area (Å²) in [4.78, 5) is 0. The molecule has 1 aromatic rings. The minimum atomic E-state index is 0.148. The molecule has 1 aliphatic rings. The minimum absolute atomic E-state index is 0.148. The first kappa shape index (κ1) is 14.5. The molecule has 2 heterocycles. The Balaban J connectivity index is 1.92. The highest BCUT2D eigenvalue weighted by Crippen LogP contribution is 2.17. The maximum atomic E-state index is 5.40. The lowest BCUT2D eigenvalue weighted by Gasteiger charge is -2.21. The molecule has 1 N–H and O–H groups in total. The van der Waals surface area contributed by atoms with Crippen LogP contribution in [-0.4, -0.2) is 28.5 Å². The van der Waals surface area contributed by atoms with E-state index in [0.717, 1.165) is 50.8 Å². The van der Waals surface area contributed by atoms with Crippen LogP contribution >= 0.6 is 0 Å². The number of aryl methyl sites for hydroxylation is 1. The lowest BCUT2D eigenvalue weighted by molar-refractivity contribution is 0.0601. The van der Waals surface area contributed by atoms with Gasteiger partial charge >= 0.3 is 0 Å². The molecule has 4 heteroatoms. The van der Waals surface area contributed by atoms with Gasteiger partial charge in [0.25, 0.3) is 0 Å². The Morgan fingerprint density at radius 2 is 2.05 bits per heavy atom. The Bertz CT molecular complexity index is 400. The highest BCUT2D eigenvalue weighted by molar-refractivity contribution is 5.15. The Labute approximate surface area is 116 Å². The molecule has 0 saturated carbocycles. The molecule has 1 aromatic heterocycles. The predicted molar refractivity (Wildman–Crippen MR) is 77.1 cm³/mol. The summed E-state index contributed by atoms with van der Waals surface area (Å²) in [6, 6.07) is 0. The standard InChI is InChI=1S/C15H27N3O/c1-12-14(9-16-15(2,3)4)11-18(17-12)10-13-5-7-19-8-6-13/h11,13,16H,5-10H2,1-4H3. The van der Waals surface area contributed by atoms with Gasteiger partial charge in [-0.15, -0.1) is 0 Å². The molecule has 1 fully saturated rings. The molecule has 1 aliphatic heterocycles. The molecule has 4 nitrogen and oxygen atoms in total. The molecule has 0 aliphatic carbocycles. The van der Waals surface area contributed by atoms with E-state index in [2.05, 4.69) is 49.0 Å². The lowest BCUT2D eigenvalue weighted by atomic mass is 10.0. The van der Waals surface area contributed by atoms with Gasteiger partial charge in [0, 0.05) is 43.6 Å². The number of rotatable bonds is 4. The summed E-state index contributed by atoms with van der Waals surface area (Å²) in [5.41, 5.74) is 2.60. The van der Waals surface area contributed by atoms with Crippen molar-refractivity contribution < 1.29 is 4.74 Å². The van der Waals surface area contributed by atoms with Crippen molar-refractivity contribution in [3.8, 4) is 0 Å². The minimum Gasteiger partial charge on any atom is -0.381 e. The normalized spacial score (nSPS) is 17.9. The second-order valence-electron chi connectivity index (χ2n) is 6.62. The van der Waals surface area contributed by atoms with Crippen LogP contribution in [0.15, 0.2) is 6.20 Å². The first-order chi connectivity index (χ1) is 8.94. The molecule has 0 amide bonds. The smallest absolute Gasteiger partial charge is 0.0638 e. The van der Waals surface area contributed by atoms with Gasteiger partial charge in [-0.3, -0.25) is 4.68 Å². The third kappa shape index (κ3) is 4.62. The van der Waals surface area contributed by atoms with Gasteiger partial charge < -0.3 is 10.1 Å². The summed E-state index contributed by atoms with van der Waals surface area (Å²) < 4.78 is 7.52. The van der Waals surface area contributed by atoms with E-state index in [9.17, 15) is 0 Å². The van der Waals surface area contributed by atoms with Crippen molar-refractivity contribution in [2.75, 3.05) is 13.2 Å². The zero-order valence-electron chi connectivity index (χ0n) is 12.7. The maximum absolute atomic E-state index is 5.40. The van der Waals surface area contributed by atoms with Gasteiger partial charge in [0.1, 0.15) is 0 Å². The van der Waals surface area contributed by atoms with E-state index in [1.807, 2.05) is 0 Å². The number of aromatic nitrogens is 2. The zero-order chi connectivity index (χ0) is 13.9. The van der Waals surface area contributed by atoms with Crippen molar-refractivity contribution in [3.05, 3.63) is 17.5 Å². The van der Waals surface area contributed by atoms with Gasteiger partial charge in [-0.2, -0.15) is 5.10 Å². The van der Waals surface area contributed by atoms with Crippen LogP contribution in [0.1, 0.15) is 44.9 Å². The molecule has 1 saturated heterocycles. The third-order valence-electron chi connectivity index (χ3n) is 3.64. The van der Waals surface area contributed by atoms with Crippen molar-refractivity contribution in [2.24, 2.45) is 5.92 Å². The predicted octanol–water partition coefficient (Wildman–Crippen LogP) is 2.51. The summed E-state index contributed by atoms with van der Waals surface area (Å²) in [6.45, 7) is 12.4. The van der Waals surface area contributed by atoms with Gasteiger partial charge in [-0.1, -0.05) is 0 Å². The van der Waals surface area contributed by atoms with E-state index < -0.39 is 0 Å². The van der Waals surface area contributed by atoms with Gasteiger partial charge in [-0.05, 0) is 46.5 Å². The van der Waals surface area contributed by atoms with Crippen molar-refractivity contribution in [2.45, 2.75) is 59.2 Å². The van der Waals surface area contributed by atoms with Crippen LogP contribution in [0.3, 0.4) is 0 Å². The van der Waals surface area contributed by atoms with Crippen LogP contribution in [0, 0.1) is 12.8 Å². The van der Waals surface area contributed by atoms with Crippen LogP contribution in [-0.2, 0) is 17.8 Å². The topological polar surface area (TPSA) is 39.1 Å². The van der Waals surface area contributed by atoms with Gasteiger partial charge in [0.15, 0.2) is 0 Å². The molecule has 0 radical (unpaired) electrons. The van der Waals surface area contributed by atoms with Crippen molar-refractivity contribution in [3.63, 3.8) is 0 Å². The number of nitrogens with one attached hydrogen (secondary N) is 1. The summed E-state index contributed by atoms with van der Waals surface area (Å²) >= 11 is 0. The summed E-state index contributed by atoms with van der Waals surface area (Å²) in [6.07, 6.45) is 4.52. The molecule has 0 aromatic carbocycles. The van der Waals surface area contributed by atoms with Crippen LogP contribution < -0.4 is 5.32 Å². The van der Waals surface area contributed by atoms with Crippen molar-refractivity contribution in [1.82, 2.24) is 15.1 Å². The quantitative estimate of drug-likeness (QED) is 0.909. The van der Waals surface area contributed by atoms with Crippen LogP contribution in [0.5, 0.6) is 0 Å². The second kappa shape index (κ2) is 6.06. The molecule has 0 unspecified atom stereocenters. The molecule has 0 spiro atoms. The van der Waals surface area contributed by atoms with Crippen molar-refractivity contribution in [1.29, 1.82) is 0 Å². The van der Waals surface area contributed by atoms with Gasteiger partial charge in [0.2, 0.25) is 0 Å². The number of hydrogen-bond donors (Lipinski definition) is 1. The summed E-state index contributed by atoms with van der Waals surface area (Å²) in [5, 5.41) is 8.16. The fourth-order valence-electron chi connectivity index (χ4n) is 2.38. The van der Waals surface area contributed by atoms with E-state index in [1.54, 1.807) is 0 Å². The fourth-order valence-corrected chi connectivity index (χ4v) is 2.38. The van der Waals surface area contributed by atoms with Gasteiger partial charge in [-0.25, -0.2) is 0 Å². The van der Waals surface area contributed by atoms with Crippen LogP contribution in [0.2, 0.25) is 0 Å². The Morgan fingerprint density at radius 1 is 1.37 bits per heavy atom. The summed E-state index contributed by atoms with van der Waals surface area (Å²) in [5.74, 6) is 0.719. The van der Waals surface area contributed by atoms with Crippen molar-refractivity contribution >= 4 is 0 Å². The fraction of sp³-hybridized carbons (Fsp3) is 0.800. The highest BCUT2D eigenvalue weighted by Gasteiger charge is 2.16. The zero-order valence-corrected chi connectivity index (χ0v) is 12.7. The number of nitrogens with zero attached hydrogens (tertiary/aromatic N) is 2. The first-order valence-electron chi connectivity index (χ1n) is 7.30. The molecule has 0 atom stereocenters. The first-order valence-corrected chi connectivity index (χ1v) is 7.30. The monoisotopic (exact) mass is 265 g/mol. The Kier molecular flexibility index (Phi) is 4.63. The second-order valence-corrected chi connectivity index (χ2v) is 6.62. The molecule has 108 valence electrons. The van der Waals surface area contributed by atoms with Crippen LogP contribution in [0.4, 0.5) is 0 Å². The average Bonchev–Trinajstić information content (AvgIpc) is 2.67. The third-order valence-corrected chi connectivity index (χ3v) is 3.64. The van der Waals surface area contributed by atoms with E-state index >= 15 is 0 Å². The molecule has 0 bridgehead atoms. The molecule has 2 rings (SSSR count). The molecular weight excluding hydrogens is 238 g/mol. The SMILES string of the molecule is Cc1nn(CC2CCOCC2)cc1CNC(C)(C)C. The largest absolute Gasteiger partial charge is 0.381 e. The average molecular weight is 265 g/mol. The number of ether oxygens (including phenoxy) is 1. The van der Waals surface area contributed by atoms with Gasteiger partial charge in [0.05, 0.1) is 5.69 Å². The Hall–Kier alpha value is -0.870. The Morgan fingerprint density at radius 3 is 2.68 bits per heavy atom. The van der Waals surface area contributed by atoms with E-state index in [1.165, 1.54) is 5.56 Å². The van der Waals surface area contributed by atoms with E-state index in [4.69, 9.17) is 4.74 Å². The highest BCUT2D eigenvalue weighted by atomic mass is 16.5. The number of hydrogen-bond acceptors (Lipinski definition) is 3. The van der Waals surface area contributed by atoms with E-state index in [-0.39, 0.29) is 5.54 Å². The molecule has 19 heavy (non-hydrogen) atoms. The summed E-state index contributed by atoms with van der Waals surface area (Å²) in [7, 11) is 0. The molecular formula is C15H27N3O. The lowest BCUT2D eigenvalue weighted by Crippen LogP contribution is -2.35.